The number of rotatable bonds is 3. The first kappa shape index (κ1) is 10.1. The molecule has 3 atom stereocenters. The second-order valence-corrected chi connectivity index (χ2v) is 2.53. The summed E-state index contributed by atoms with van der Waals surface area (Å²) >= 11 is 0. The summed E-state index contributed by atoms with van der Waals surface area (Å²) in [6.07, 6.45) is -2.20. The Bertz CT molecular complexity index is 330. The first-order valence-electron chi connectivity index (χ1n) is 3.64. The van der Waals surface area contributed by atoms with Crippen LogP contribution in [0.25, 0.3) is 20.9 Å². The van der Waals surface area contributed by atoms with E-state index in [2.05, 4.69) is 24.8 Å². The van der Waals surface area contributed by atoms with Crippen LogP contribution in [-0.2, 0) is 9.53 Å². The van der Waals surface area contributed by atoms with Gasteiger partial charge in [-0.15, -0.1) is 0 Å². The Morgan fingerprint density at radius 1 is 1.50 bits per heavy atom. The molecule has 0 bridgehead atoms. The van der Waals surface area contributed by atoms with Crippen LogP contribution >= 0.6 is 0 Å². The van der Waals surface area contributed by atoms with Gasteiger partial charge in [-0.2, -0.15) is 0 Å². The number of cyclic esters (lactones) is 1. The van der Waals surface area contributed by atoms with Crippen molar-refractivity contribution in [1.29, 1.82) is 0 Å². The van der Waals surface area contributed by atoms with Gasteiger partial charge < -0.3 is 9.84 Å². The third-order valence-electron chi connectivity index (χ3n) is 1.71. The lowest BCUT2D eigenvalue weighted by Gasteiger charge is -2.09. The van der Waals surface area contributed by atoms with Crippen molar-refractivity contribution in [2.45, 2.75) is 18.2 Å². The standard InChI is InChI=1S/C5H6N6O3/c6-10-8-1-2-4(12)3(9-11-7)5(13)14-2/h2-4,12H,1H2. The molecule has 0 spiro atoms. The molecule has 74 valence electrons. The summed E-state index contributed by atoms with van der Waals surface area (Å²) in [6.45, 7) is -0.180. The molecule has 1 aliphatic heterocycles. The maximum atomic E-state index is 11.0. The summed E-state index contributed by atoms with van der Waals surface area (Å²) in [7, 11) is 0. The normalized spacial score (nSPS) is 30.1. The van der Waals surface area contributed by atoms with E-state index in [-0.39, 0.29) is 6.54 Å². The highest BCUT2D eigenvalue weighted by atomic mass is 16.6. The van der Waals surface area contributed by atoms with E-state index in [9.17, 15) is 9.90 Å². The van der Waals surface area contributed by atoms with Crippen molar-refractivity contribution in [2.24, 2.45) is 10.2 Å². The Hall–Kier alpha value is -1.95. The van der Waals surface area contributed by atoms with E-state index in [1.54, 1.807) is 0 Å². The number of hydrogen-bond acceptors (Lipinski definition) is 5. The summed E-state index contributed by atoms with van der Waals surface area (Å²) in [6, 6.07) is -1.25. The largest absolute Gasteiger partial charge is 0.459 e. The number of esters is 1. The molecule has 3 unspecified atom stereocenters. The van der Waals surface area contributed by atoms with Gasteiger partial charge in [0.25, 0.3) is 0 Å². The number of ether oxygens (including phenoxy) is 1. The van der Waals surface area contributed by atoms with Gasteiger partial charge in [0.15, 0.2) is 6.04 Å². The van der Waals surface area contributed by atoms with Gasteiger partial charge in [-0.25, -0.2) is 0 Å². The molecule has 0 saturated carbocycles. The molecule has 1 rings (SSSR count). The average Bonchev–Trinajstić information content (AvgIpc) is 2.43. The van der Waals surface area contributed by atoms with Crippen LogP contribution in [0, 0.1) is 0 Å². The van der Waals surface area contributed by atoms with Gasteiger partial charge in [0, 0.05) is 9.82 Å². The van der Waals surface area contributed by atoms with Crippen LogP contribution in [0.5, 0.6) is 0 Å². The van der Waals surface area contributed by atoms with E-state index >= 15 is 0 Å². The molecule has 0 radical (unpaired) electrons. The number of carbonyl (C=O) groups is 1. The number of aliphatic hydroxyl groups excluding tert-OH is 1. The van der Waals surface area contributed by atoms with Gasteiger partial charge in [-0.1, -0.05) is 10.2 Å². The van der Waals surface area contributed by atoms with Crippen molar-refractivity contribution in [2.75, 3.05) is 6.54 Å². The third-order valence-corrected chi connectivity index (χ3v) is 1.71. The molecule has 0 amide bonds. The molecule has 1 heterocycles. The molecular weight excluding hydrogens is 192 g/mol. The number of hydrogen-bond donors (Lipinski definition) is 1. The van der Waals surface area contributed by atoms with Crippen molar-refractivity contribution in [3.8, 4) is 0 Å². The van der Waals surface area contributed by atoms with Gasteiger partial charge in [0.2, 0.25) is 0 Å². The maximum absolute atomic E-state index is 11.0. The SMILES string of the molecule is [N-]=[N+]=NCC1OC(=O)C(N=[N+]=[N-])C1O. The zero-order chi connectivity index (χ0) is 10.6. The molecule has 0 aromatic rings. The zero-order valence-electron chi connectivity index (χ0n) is 6.89. The van der Waals surface area contributed by atoms with Gasteiger partial charge >= 0.3 is 5.97 Å². The minimum atomic E-state index is -1.26. The van der Waals surface area contributed by atoms with Gasteiger partial charge in [-0.3, -0.25) is 4.79 Å². The summed E-state index contributed by atoms with van der Waals surface area (Å²) in [5.74, 6) is -0.812. The molecule has 0 aromatic carbocycles. The molecule has 9 heteroatoms. The topological polar surface area (TPSA) is 144 Å². The Labute approximate surface area is 77.5 Å². The van der Waals surface area contributed by atoms with Crippen molar-refractivity contribution in [3.63, 3.8) is 0 Å². The second kappa shape index (κ2) is 4.33. The lowest BCUT2D eigenvalue weighted by atomic mass is 10.1. The van der Waals surface area contributed by atoms with Crippen LogP contribution in [0.15, 0.2) is 10.2 Å². The molecule has 1 saturated heterocycles. The Morgan fingerprint density at radius 2 is 2.21 bits per heavy atom. The van der Waals surface area contributed by atoms with E-state index in [1.165, 1.54) is 0 Å². The highest BCUT2D eigenvalue weighted by molar-refractivity contribution is 5.79. The number of aliphatic hydroxyl groups is 1. The molecule has 0 aliphatic carbocycles. The van der Waals surface area contributed by atoms with E-state index in [0.717, 1.165) is 0 Å². The third kappa shape index (κ3) is 1.86. The van der Waals surface area contributed by atoms with E-state index in [4.69, 9.17) is 11.1 Å². The Morgan fingerprint density at radius 3 is 2.79 bits per heavy atom. The molecule has 9 nitrogen and oxygen atoms in total. The molecular formula is C5H6N6O3. The highest BCUT2D eigenvalue weighted by Gasteiger charge is 2.42. The van der Waals surface area contributed by atoms with E-state index in [1.807, 2.05) is 0 Å². The zero-order valence-corrected chi connectivity index (χ0v) is 6.89. The Kier molecular flexibility index (Phi) is 3.14. The second-order valence-electron chi connectivity index (χ2n) is 2.53. The predicted molar refractivity (Wildman–Crippen MR) is 42.8 cm³/mol. The van der Waals surface area contributed by atoms with E-state index < -0.39 is 24.2 Å². The highest BCUT2D eigenvalue weighted by Crippen LogP contribution is 2.19. The predicted octanol–water partition coefficient (Wildman–Crippen LogP) is 0.262. The fraction of sp³-hybridized carbons (Fsp3) is 0.800. The van der Waals surface area contributed by atoms with Crippen molar-refractivity contribution >= 4 is 5.97 Å². The van der Waals surface area contributed by atoms with Crippen LogP contribution in [0.3, 0.4) is 0 Å². The fourth-order valence-electron chi connectivity index (χ4n) is 1.06. The minimum absolute atomic E-state index is 0.180. The van der Waals surface area contributed by atoms with Crippen LogP contribution in [0.1, 0.15) is 0 Å². The average molecular weight is 198 g/mol. The van der Waals surface area contributed by atoms with Crippen molar-refractivity contribution < 1.29 is 14.6 Å². The first-order chi connectivity index (χ1) is 6.70. The quantitative estimate of drug-likeness (QED) is 0.300. The van der Waals surface area contributed by atoms with Crippen LogP contribution < -0.4 is 0 Å². The summed E-state index contributed by atoms with van der Waals surface area (Å²) in [5, 5.41) is 15.6. The molecule has 0 aromatic heterocycles. The van der Waals surface area contributed by atoms with Gasteiger partial charge in [0.05, 0.1) is 6.54 Å². The first-order valence-corrected chi connectivity index (χ1v) is 3.64. The van der Waals surface area contributed by atoms with Gasteiger partial charge in [-0.05, 0) is 11.1 Å². The molecule has 1 fully saturated rings. The number of carbonyl (C=O) groups excluding carboxylic acids is 1. The van der Waals surface area contributed by atoms with Crippen LogP contribution in [0.4, 0.5) is 0 Å². The van der Waals surface area contributed by atoms with Crippen LogP contribution in [-0.4, -0.2) is 35.9 Å². The van der Waals surface area contributed by atoms with Crippen molar-refractivity contribution in [3.05, 3.63) is 20.9 Å². The maximum Gasteiger partial charge on any atom is 0.318 e. The number of nitrogens with zero attached hydrogens (tertiary/aromatic N) is 6. The lowest BCUT2D eigenvalue weighted by molar-refractivity contribution is -0.142. The monoisotopic (exact) mass is 198 g/mol. The fourth-order valence-corrected chi connectivity index (χ4v) is 1.06. The lowest BCUT2D eigenvalue weighted by Crippen LogP contribution is -2.31. The summed E-state index contributed by atoms with van der Waals surface area (Å²) < 4.78 is 4.62. The summed E-state index contributed by atoms with van der Waals surface area (Å²) in [4.78, 5) is 15.8. The van der Waals surface area contributed by atoms with Crippen LogP contribution in [0.2, 0.25) is 0 Å². The van der Waals surface area contributed by atoms with E-state index in [0.29, 0.717) is 0 Å². The molecule has 14 heavy (non-hydrogen) atoms. The molecule has 1 N–H and O–H groups in total. The number of azide groups is 2. The van der Waals surface area contributed by atoms with Crippen molar-refractivity contribution in [1.82, 2.24) is 0 Å². The smallest absolute Gasteiger partial charge is 0.318 e. The van der Waals surface area contributed by atoms with Gasteiger partial charge in [0.1, 0.15) is 12.2 Å². The molecule has 1 aliphatic rings. The minimum Gasteiger partial charge on any atom is -0.459 e. The summed E-state index contributed by atoms with van der Waals surface area (Å²) in [5.41, 5.74) is 16.1. The Balaban J connectivity index is 2.72.